The summed E-state index contributed by atoms with van der Waals surface area (Å²) in [7, 11) is 0. The number of hydrogen-bond acceptors (Lipinski definition) is 2. The van der Waals surface area contributed by atoms with Crippen molar-refractivity contribution in [1.82, 2.24) is 0 Å². The van der Waals surface area contributed by atoms with Crippen LogP contribution in [0.1, 0.15) is 15.9 Å². The summed E-state index contributed by atoms with van der Waals surface area (Å²) < 4.78 is 13.9. The normalized spacial score (nSPS) is 11.3. The molecule has 1 N–H and O–H groups in total. The van der Waals surface area contributed by atoms with E-state index < -0.39 is 0 Å². The van der Waals surface area contributed by atoms with Gasteiger partial charge in [0, 0.05) is 21.8 Å². The summed E-state index contributed by atoms with van der Waals surface area (Å²) >= 11 is 9.66. The van der Waals surface area contributed by atoms with E-state index in [0.29, 0.717) is 22.0 Å². The molecule has 3 rings (SSSR count). The molecule has 130 valence electrons. The van der Waals surface area contributed by atoms with E-state index >= 15 is 0 Å². The Morgan fingerprint density at radius 2 is 1.65 bits per heavy atom. The topological polar surface area (TPSA) is 29.1 Å². The van der Waals surface area contributed by atoms with E-state index in [4.69, 9.17) is 11.6 Å². The van der Waals surface area contributed by atoms with Gasteiger partial charge in [0.1, 0.15) is 5.82 Å². The van der Waals surface area contributed by atoms with Gasteiger partial charge in [0.05, 0.1) is 10.7 Å². The number of benzene rings is 3. The Labute approximate surface area is 164 Å². The predicted octanol–water partition coefficient (Wildman–Crippen LogP) is 6.58. The largest absolute Gasteiger partial charge is 0.354 e. The molecule has 0 aromatic heterocycles. The maximum atomic E-state index is 13.1. The van der Waals surface area contributed by atoms with Gasteiger partial charge >= 0.3 is 0 Å². The molecule has 0 spiro atoms. The number of allylic oxidation sites excluding steroid dienone is 1. The van der Waals surface area contributed by atoms with E-state index in [9.17, 15) is 9.18 Å². The van der Waals surface area contributed by atoms with Gasteiger partial charge in [-0.1, -0.05) is 57.9 Å². The number of halogens is 3. The van der Waals surface area contributed by atoms with Crippen LogP contribution in [0.15, 0.2) is 83.3 Å². The molecule has 3 aromatic carbocycles. The van der Waals surface area contributed by atoms with Crippen LogP contribution in [0, 0.1) is 5.82 Å². The quantitative estimate of drug-likeness (QED) is 0.366. The summed E-state index contributed by atoms with van der Waals surface area (Å²) in [6.07, 6.45) is 1.49. The van der Waals surface area contributed by atoms with Crippen molar-refractivity contribution in [3.8, 4) is 0 Å². The van der Waals surface area contributed by atoms with Crippen LogP contribution in [0.5, 0.6) is 0 Å². The molecule has 0 aliphatic heterocycles. The molecule has 0 saturated heterocycles. The molecule has 0 aliphatic rings. The Bertz CT molecular complexity index is 956. The lowest BCUT2D eigenvalue weighted by Crippen LogP contribution is -2.04. The second-order valence-corrected chi connectivity index (χ2v) is 6.87. The first-order chi connectivity index (χ1) is 12.5. The second kappa shape index (κ2) is 8.30. The molecular formula is C21H14BrClFNO. The molecule has 0 atom stereocenters. The van der Waals surface area contributed by atoms with Crippen molar-refractivity contribution in [3.63, 3.8) is 0 Å². The Morgan fingerprint density at radius 3 is 2.31 bits per heavy atom. The third-order valence-corrected chi connectivity index (χ3v) is 4.50. The number of rotatable bonds is 5. The number of carbonyl (C=O) groups is 1. The van der Waals surface area contributed by atoms with Gasteiger partial charge < -0.3 is 5.32 Å². The van der Waals surface area contributed by atoms with Gasteiger partial charge in [0.25, 0.3) is 0 Å². The highest BCUT2D eigenvalue weighted by Gasteiger charge is 2.10. The molecule has 0 heterocycles. The summed E-state index contributed by atoms with van der Waals surface area (Å²) in [5, 5.41) is 3.74. The Hall–Kier alpha value is -2.43. The highest BCUT2D eigenvalue weighted by molar-refractivity contribution is 9.10. The van der Waals surface area contributed by atoms with Crippen LogP contribution in [-0.2, 0) is 0 Å². The molecule has 0 bridgehead atoms. The predicted molar refractivity (Wildman–Crippen MR) is 108 cm³/mol. The molecule has 0 unspecified atom stereocenters. The van der Waals surface area contributed by atoms with Crippen LogP contribution in [0.25, 0.3) is 5.70 Å². The van der Waals surface area contributed by atoms with E-state index in [2.05, 4.69) is 21.2 Å². The minimum Gasteiger partial charge on any atom is -0.354 e. The van der Waals surface area contributed by atoms with E-state index in [1.165, 1.54) is 30.3 Å². The minimum atomic E-state index is -0.381. The summed E-state index contributed by atoms with van der Waals surface area (Å²) in [6, 6.07) is 20.4. The van der Waals surface area contributed by atoms with E-state index in [-0.39, 0.29) is 11.6 Å². The Balaban J connectivity index is 1.98. The van der Waals surface area contributed by atoms with E-state index in [1.807, 2.05) is 42.5 Å². The van der Waals surface area contributed by atoms with Crippen LogP contribution in [0.3, 0.4) is 0 Å². The zero-order valence-electron chi connectivity index (χ0n) is 13.5. The van der Waals surface area contributed by atoms with E-state index in [0.717, 1.165) is 10.0 Å². The molecule has 2 nitrogen and oxygen atoms in total. The molecule has 26 heavy (non-hydrogen) atoms. The first-order valence-corrected chi connectivity index (χ1v) is 8.99. The van der Waals surface area contributed by atoms with Crippen molar-refractivity contribution in [1.29, 1.82) is 0 Å². The molecule has 0 fully saturated rings. The molecular weight excluding hydrogens is 417 g/mol. The molecule has 0 radical (unpaired) electrons. The fourth-order valence-electron chi connectivity index (χ4n) is 2.37. The number of anilines is 1. The van der Waals surface area contributed by atoms with Gasteiger partial charge in [-0.15, -0.1) is 0 Å². The van der Waals surface area contributed by atoms with Crippen molar-refractivity contribution < 1.29 is 9.18 Å². The van der Waals surface area contributed by atoms with Crippen LogP contribution in [-0.4, -0.2) is 5.78 Å². The second-order valence-electron chi connectivity index (χ2n) is 5.54. The maximum absolute atomic E-state index is 13.1. The van der Waals surface area contributed by atoms with Gasteiger partial charge in [-0.3, -0.25) is 4.79 Å². The van der Waals surface area contributed by atoms with Crippen molar-refractivity contribution in [2.75, 3.05) is 5.32 Å². The van der Waals surface area contributed by atoms with Crippen LogP contribution < -0.4 is 5.32 Å². The van der Waals surface area contributed by atoms with Crippen LogP contribution in [0.4, 0.5) is 10.1 Å². The average Bonchev–Trinajstić information content (AvgIpc) is 2.64. The van der Waals surface area contributed by atoms with Crippen molar-refractivity contribution in [2.45, 2.75) is 0 Å². The van der Waals surface area contributed by atoms with Crippen LogP contribution >= 0.6 is 27.5 Å². The first kappa shape index (κ1) is 18.4. The smallest absolute Gasteiger partial charge is 0.187 e. The SMILES string of the molecule is O=C(/C=C(\Nc1ccc(Br)cc1Cl)c1ccccc1)c1ccc(F)cc1. The lowest BCUT2D eigenvalue weighted by atomic mass is 10.1. The zero-order chi connectivity index (χ0) is 18.5. The fraction of sp³-hybridized carbons (Fsp3) is 0. The lowest BCUT2D eigenvalue weighted by molar-refractivity contribution is 0.104. The van der Waals surface area contributed by atoms with Crippen molar-refractivity contribution >= 4 is 44.7 Å². The molecule has 0 aliphatic carbocycles. The third kappa shape index (κ3) is 4.59. The van der Waals surface area contributed by atoms with Gasteiger partial charge in [-0.25, -0.2) is 4.39 Å². The van der Waals surface area contributed by atoms with Crippen LogP contribution in [0.2, 0.25) is 5.02 Å². The molecule has 5 heteroatoms. The van der Waals surface area contributed by atoms with E-state index in [1.54, 1.807) is 6.07 Å². The van der Waals surface area contributed by atoms with Crippen molar-refractivity contribution in [2.24, 2.45) is 0 Å². The lowest BCUT2D eigenvalue weighted by Gasteiger charge is -2.13. The highest BCUT2D eigenvalue weighted by Crippen LogP contribution is 2.29. The number of ketones is 1. The van der Waals surface area contributed by atoms with Gasteiger partial charge in [0.15, 0.2) is 5.78 Å². The van der Waals surface area contributed by atoms with Gasteiger partial charge in [0.2, 0.25) is 0 Å². The highest BCUT2D eigenvalue weighted by atomic mass is 79.9. The Morgan fingerprint density at radius 1 is 0.962 bits per heavy atom. The Kier molecular flexibility index (Phi) is 5.86. The summed E-state index contributed by atoms with van der Waals surface area (Å²) in [6.45, 7) is 0. The number of hydrogen-bond donors (Lipinski definition) is 1. The number of nitrogens with one attached hydrogen (secondary N) is 1. The fourth-order valence-corrected chi connectivity index (χ4v) is 3.09. The average molecular weight is 431 g/mol. The maximum Gasteiger partial charge on any atom is 0.187 e. The summed E-state index contributed by atoms with van der Waals surface area (Å²) in [4.78, 5) is 12.6. The standard InChI is InChI=1S/C21H14BrClFNO/c22-16-8-11-19(18(23)12-16)25-20(14-4-2-1-3-5-14)13-21(26)15-6-9-17(24)10-7-15/h1-13,25H/b20-13-. The minimum absolute atomic E-state index is 0.232. The molecule has 0 saturated carbocycles. The first-order valence-electron chi connectivity index (χ1n) is 7.82. The van der Waals surface area contributed by atoms with Gasteiger partial charge in [-0.05, 0) is 48.0 Å². The van der Waals surface area contributed by atoms with Crippen molar-refractivity contribution in [3.05, 3.63) is 105 Å². The summed E-state index contributed by atoms with van der Waals surface area (Å²) in [5.41, 5.74) is 2.52. The zero-order valence-corrected chi connectivity index (χ0v) is 15.9. The number of carbonyl (C=O) groups excluding carboxylic acids is 1. The molecule has 0 amide bonds. The summed E-state index contributed by atoms with van der Waals surface area (Å²) in [5.74, 6) is -0.613. The molecule has 3 aromatic rings. The van der Waals surface area contributed by atoms with Gasteiger partial charge in [-0.2, -0.15) is 0 Å². The third-order valence-electron chi connectivity index (χ3n) is 3.69. The monoisotopic (exact) mass is 429 g/mol.